The van der Waals surface area contributed by atoms with Crippen LogP contribution in [-0.4, -0.2) is 57.9 Å². The first-order valence-electron chi connectivity index (χ1n) is 5.83. The number of hydrogen-bond acceptors (Lipinski definition) is 4. The van der Waals surface area contributed by atoms with Gasteiger partial charge in [0.05, 0.1) is 10.1 Å². The Kier molecular flexibility index (Phi) is 4.14. The molecule has 0 amide bonds. The van der Waals surface area contributed by atoms with E-state index in [1.165, 1.54) is 38.4 Å². The van der Waals surface area contributed by atoms with E-state index in [0.29, 0.717) is 5.02 Å². The summed E-state index contributed by atoms with van der Waals surface area (Å²) in [6.07, 6.45) is 0. The summed E-state index contributed by atoms with van der Waals surface area (Å²) >= 11 is 5.72. The summed E-state index contributed by atoms with van der Waals surface area (Å²) < 4.78 is 50.4. The Hall–Kier alpha value is -0.670. The van der Waals surface area contributed by atoms with Gasteiger partial charge in [0.25, 0.3) is 10.2 Å². The summed E-state index contributed by atoms with van der Waals surface area (Å²) in [5, 5.41) is -0.257. The second-order valence-corrected chi connectivity index (χ2v) is 9.53. The van der Waals surface area contributed by atoms with Crippen LogP contribution in [-0.2, 0) is 20.0 Å². The molecule has 0 aromatic heterocycles. The van der Waals surface area contributed by atoms with Crippen molar-refractivity contribution in [3.63, 3.8) is 0 Å². The second-order valence-electron chi connectivity index (χ2n) is 4.73. The number of nitrogens with zero attached hydrogens (tertiary/aromatic N) is 2. The number of benzene rings is 1. The molecular formula is C11H15ClN2O4S2. The molecule has 1 aliphatic heterocycles. The Labute approximate surface area is 124 Å². The largest absolute Gasteiger partial charge is 0.281 e. The van der Waals surface area contributed by atoms with Gasteiger partial charge in [-0.25, -0.2) is 8.42 Å². The zero-order chi connectivity index (χ0) is 15.1. The predicted octanol–water partition coefficient (Wildman–Crippen LogP) is 0.604. The molecule has 2 rings (SSSR count). The molecule has 0 spiro atoms. The molecule has 1 aliphatic rings. The molecule has 1 heterocycles. The minimum Gasteiger partial charge on any atom is -0.223 e. The highest BCUT2D eigenvalue weighted by molar-refractivity contribution is 7.92. The first kappa shape index (κ1) is 15.7. The third-order valence-corrected chi connectivity index (χ3v) is 7.41. The maximum atomic E-state index is 12.3. The van der Waals surface area contributed by atoms with Gasteiger partial charge >= 0.3 is 0 Å². The van der Waals surface area contributed by atoms with Crippen LogP contribution in [0, 0.1) is 0 Å². The summed E-state index contributed by atoms with van der Waals surface area (Å²) in [5.41, 5.74) is 0. The molecule has 1 fully saturated rings. The minimum absolute atomic E-state index is 0.0223. The van der Waals surface area contributed by atoms with Gasteiger partial charge in [-0.05, 0) is 24.3 Å². The van der Waals surface area contributed by atoms with Gasteiger partial charge < -0.3 is 0 Å². The van der Waals surface area contributed by atoms with E-state index in [9.17, 15) is 16.8 Å². The van der Waals surface area contributed by atoms with Crippen molar-refractivity contribution in [2.24, 2.45) is 0 Å². The molecule has 0 bridgehead atoms. The van der Waals surface area contributed by atoms with E-state index in [1.807, 2.05) is 0 Å². The van der Waals surface area contributed by atoms with Crippen LogP contribution in [0.3, 0.4) is 0 Å². The molecule has 1 aromatic carbocycles. The quantitative estimate of drug-likeness (QED) is 0.806. The van der Waals surface area contributed by atoms with Gasteiger partial charge in [-0.2, -0.15) is 17.0 Å². The Morgan fingerprint density at radius 2 is 1.60 bits per heavy atom. The number of halogens is 1. The first-order chi connectivity index (χ1) is 9.15. The predicted molar refractivity (Wildman–Crippen MR) is 76.6 cm³/mol. The third kappa shape index (κ3) is 2.71. The fourth-order valence-electron chi connectivity index (χ4n) is 1.83. The minimum atomic E-state index is -3.54. The lowest BCUT2D eigenvalue weighted by Gasteiger charge is -2.38. The lowest BCUT2D eigenvalue weighted by Crippen LogP contribution is -2.59. The van der Waals surface area contributed by atoms with Gasteiger partial charge in [0.2, 0.25) is 0 Å². The first-order valence-corrected chi connectivity index (χ1v) is 9.15. The van der Waals surface area contributed by atoms with Crippen LogP contribution in [0.5, 0.6) is 0 Å². The molecule has 0 aliphatic carbocycles. The van der Waals surface area contributed by atoms with Crippen LogP contribution in [0.4, 0.5) is 0 Å². The van der Waals surface area contributed by atoms with Crippen molar-refractivity contribution in [2.45, 2.75) is 10.1 Å². The van der Waals surface area contributed by atoms with Crippen LogP contribution < -0.4 is 0 Å². The third-order valence-electron chi connectivity index (χ3n) is 3.18. The van der Waals surface area contributed by atoms with Crippen LogP contribution in [0.2, 0.25) is 5.02 Å². The number of rotatable bonds is 4. The SMILES string of the molecule is CN(C)S(=O)(=O)N1CC(S(=O)(=O)c2ccc(Cl)cc2)C1. The van der Waals surface area contributed by atoms with Crippen LogP contribution in [0.1, 0.15) is 0 Å². The van der Waals surface area contributed by atoms with E-state index in [1.54, 1.807) is 0 Å². The van der Waals surface area contributed by atoms with Gasteiger partial charge in [-0.3, -0.25) is 0 Å². The highest BCUT2D eigenvalue weighted by Crippen LogP contribution is 2.27. The summed E-state index contributed by atoms with van der Waals surface area (Å²) in [4.78, 5) is 0.161. The van der Waals surface area contributed by atoms with Crippen molar-refractivity contribution in [3.8, 4) is 0 Å². The maximum absolute atomic E-state index is 12.3. The molecule has 1 aromatic rings. The van der Waals surface area contributed by atoms with Gasteiger partial charge in [0.15, 0.2) is 9.84 Å². The van der Waals surface area contributed by atoms with Gasteiger partial charge in [-0.1, -0.05) is 11.6 Å². The maximum Gasteiger partial charge on any atom is 0.281 e. The van der Waals surface area contributed by atoms with Crippen molar-refractivity contribution in [3.05, 3.63) is 29.3 Å². The fraction of sp³-hybridized carbons (Fsp3) is 0.455. The van der Waals surface area contributed by atoms with E-state index in [2.05, 4.69) is 0 Å². The van der Waals surface area contributed by atoms with E-state index >= 15 is 0 Å². The van der Waals surface area contributed by atoms with Crippen molar-refractivity contribution < 1.29 is 16.8 Å². The molecule has 112 valence electrons. The second kappa shape index (κ2) is 5.27. The molecule has 0 unspecified atom stereocenters. The fourth-order valence-corrected chi connectivity index (χ4v) is 5.00. The molecule has 9 heteroatoms. The Morgan fingerprint density at radius 1 is 1.10 bits per heavy atom. The average molecular weight is 339 g/mol. The Balaban J connectivity index is 2.15. The van der Waals surface area contributed by atoms with Gasteiger partial charge in [0, 0.05) is 32.2 Å². The molecule has 0 atom stereocenters. The molecule has 1 saturated heterocycles. The highest BCUT2D eigenvalue weighted by Gasteiger charge is 2.44. The highest BCUT2D eigenvalue weighted by atomic mass is 35.5. The average Bonchev–Trinajstić information content (AvgIpc) is 2.26. The molecule has 0 saturated carbocycles. The van der Waals surface area contributed by atoms with Crippen molar-refractivity contribution >= 4 is 31.6 Å². The van der Waals surface area contributed by atoms with Crippen LogP contribution in [0.15, 0.2) is 29.2 Å². The Bertz CT molecular complexity index is 692. The van der Waals surface area contributed by atoms with Crippen molar-refractivity contribution in [1.82, 2.24) is 8.61 Å². The Morgan fingerprint density at radius 3 is 2.05 bits per heavy atom. The number of sulfone groups is 1. The number of hydrogen-bond donors (Lipinski definition) is 0. The standard InChI is InChI=1S/C11H15ClN2O4S2/c1-13(2)20(17,18)14-7-11(8-14)19(15,16)10-5-3-9(12)4-6-10/h3-6,11H,7-8H2,1-2H3. The van der Waals surface area contributed by atoms with E-state index in [4.69, 9.17) is 11.6 Å². The van der Waals surface area contributed by atoms with Crippen molar-refractivity contribution in [1.29, 1.82) is 0 Å². The van der Waals surface area contributed by atoms with E-state index in [0.717, 1.165) is 8.61 Å². The molecule has 0 N–H and O–H groups in total. The van der Waals surface area contributed by atoms with Crippen molar-refractivity contribution in [2.75, 3.05) is 27.2 Å². The molecular weight excluding hydrogens is 324 g/mol. The van der Waals surface area contributed by atoms with Gasteiger partial charge in [-0.15, -0.1) is 0 Å². The molecule has 20 heavy (non-hydrogen) atoms. The lowest BCUT2D eigenvalue weighted by molar-refractivity contribution is 0.290. The zero-order valence-corrected chi connectivity index (χ0v) is 13.4. The topological polar surface area (TPSA) is 74.8 Å². The summed E-state index contributed by atoms with van der Waals surface area (Å²) in [5.74, 6) is 0. The summed E-state index contributed by atoms with van der Waals surface area (Å²) in [6, 6.07) is 5.87. The lowest BCUT2D eigenvalue weighted by atomic mass is 10.3. The zero-order valence-electron chi connectivity index (χ0n) is 11.0. The smallest absolute Gasteiger partial charge is 0.223 e. The van der Waals surface area contributed by atoms with E-state index in [-0.39, 0.29) is 18.0 Å². The summed E-state index contributed by atoms with van der Waals surface area (Å²) in [7, 11) is -4.24. The normalized spacial score (nSPS) is 18.2. The van der Waals surface area contributed by atoms with Crippen LogP contribution >= 0.6 is 11.6 Å². The monoisotopic (exact) mass is 338 g/mol. The molecule has 6 nitrogen and oxygen atoms in total. The molecule has 0 radical (unpaired) electrons. The van der Waals surface area contributed by atoms with Gasteiger partial charge in [0.1, 0.15) is 0 Å². The summed E-state index contributed by atoms with van der Waals surface area (Å²) in [6.45, 7) is -0.0447. The van der Waals surface area contributed by atoms with Crippen LogP contribution in [0.25, 0.3) is 0 Å². The van der Waals surface area contributed by atoms with E-state index < -0.39 is 25.3 Å².